The zero-order valence-corrected chi connectivity index (χ0v) is 15.9. The minimum absolute atomic E-state index is 0.0751. The Hall–Kier alpha value is 0.430. The molecule has 0 saturated carbocycles. The van der Waals surface area contributed by atoms with Crippen LogP contribution in [0.25, 0.3) is 0 Å². The van der Waals surface area contributed by atoms with E-state index in [1.54, 1.807) is 11.8 Å². The first-order chi connectivity index (χ1) is 9.73. The van der Waals surface area contributed by atoms with Crippen LogP contribution in [0.1, 0.15) is 12.8 Å². The van der Waals surface area contributed by atoms with Crippen LogP contribution < -0.4 is 5.73 Å². The Kier molecular flexibility index (Phi) is 5.51. The van der Waals surface area contributed by atoms with Gasteiger partial charge in [0.25, 0.3) is 0 Å². The van der Waals surface area contributed by atoms with Gasteiger partial charge in [-0.05, 0) is 25.2 Å². The van der Waals surface area contributed by atoms with Crippen molar-refractivity contribution in [1.29, 1.82) is 0 Å². The fraction of sp³-hybridized carbons (Fsp3) is 0.545. The van der Waals surface area contributed by atoms with E-state index in [0.717, 1.165) is 11.3 Å². The van der Waals surface area contributed by atoms with Gasteiger partial charge in [0.2, 0.25) is 10.0 Å². The molecule has 0 aliphatic carbocycles. The van der Waals surface area contributed by atoms with Crippen LogP contribution in [0.3, 0.4) is 0 Å². The van der Waals surface area contributed by atoms with Crippen molar-refractivity contribution in [2.75, 3.05) is 19.3 Å². The molecule has 1 fully saturated rings. The van der Waals surface area contributed by atoms with Crippen LogP contribution in [0.2, 0.25) is 8.67 Å². The Labute approximate surface area is 148 Å². The van der Waals surface area contributed by atoms with Gasteiger partial charge >= 0.3 is 0 Å². The minimum atomic E-state index is -3.62. The van der Waals surface area contributed by atoms with Crippen molar-refractivity contribution < 1.29 is 8.42 Å². The van der Waals surface area contributed by atoms with E-state index in [-0.39, 0.29) is 14.0 Å². The van der Waals surface area contributed by atoms with Crippen LogP contribution in [0.15, 0.2) is 11.0 Å². The quantitative estimate of drug-likeness (QED) is 0.780. The third-order valence-corrected chi connectivity index (χ3v) is 9.19. The second kappa shape index (κ2) is 6.51. The summed E-state index contributed by atoms with van der Waals surface area (Å²) in [4.78, 5) is 0.509. The summed E-state index contributed by atoms with van der Waals surface area (Å²) >= 11 is 19.6. The predicted molar refractivity (Wildman–Crippen MR) is 95.4 cm³/mol. The third kappa shape index (κ3) is 3.36. The Balaban J connectivity index is 2.22. The van der Waals surface area contributed by atoms with E-state index in [1.165, 1.54) is 10.4 Å². The molecular weight excluding hydrogens is 391 g/mol. The van der Waals surface area contributed by atoms with Crippen molar-refractivity contribution in [2.24, 2.45) is 5.73 Å². The first-order valence-electron chi connectivity index (χ1n) is 6.03. The molecule has 0 unspecified atom stereocenters. The highest BCUT2D eigenvalue weighted by Crippen LogP contribution is 2.39. The lowest BCUT2D eigenvalue weighted by Crippen LogP contribution is -2.50. The van der Waals surface area contributed by atoms with E-state index in [1.807, 2.05) is 6.26 Å². The fourth-order valence-corrected chi connectivity index (χ4v) is 7.08. The monoisotopic (exact) mass is 404 g/mol. The lowest BCUT2D eigenvalue weighted by Gasteiger charge is -2.39. The number of thioether (sulfide) groups is 1. The van der Waals surface area contributed by atoms with Crippen LogP contribution in [0.5, 0.6) is 0 Å². The second-order valence-corrected chi connectivity index (χ2v) is 10.5. The number of nitrogens with two attached hydrogens (primary N) is 1. The molecule has 0 amide bonds. The minimum Gasteiger partial charge on any atom is -0.392 e. The summed E-state index contributed by atoms with van der Waals surface area (Å²) in [7, 11) is -3.62. The Morgan fingerprint density at radius 1 is 1.48 bits per heavy atom. The summed E-state index contributed by atoms with van der Waals surface area (Å²) in [6.07, 6.45) is 3.13. The Morgan fingerprint density at radius 3 is 2.43 bits per heavy atom. The van der Waals surface area contributed by atoms with Gasteiger partial charge in [-0.3, -0.25) is 0 Å². The smallest absolute Gasteiger partial charge is 0.245 e. The molecule has 118 valence electrons. The largest absolute Gasteiger partial charge is 0.392 e. The summed E-state index contributed by atoms with van der Waals surface area (Å²) < 4.78 is 26.9. The second-order valence-electron chi connectivity index (χ2n) is 4.66. The van der Waals surface area contributed by atoms with E-state index in [0.29, 0.717) is 35.3 Å². The van der Waals surface area contributed by atoms with E-state index in [4.69, 9.17) is 41.2 Å². The van der Waals surface area contributed by atoms with Crippen LogP contribution in [-0.4, -0.2) is 41.8 Å². The molecule has 0 bridgehead atoms. The molecule has 1 aromatic rings. The number of thiophene rings is 1. The SMILES string of the molecule is CSC1(C(N)=S)CCN(S(=O)(=O)c2cc(Cl)sc2Cl)CC1. The van der Waals surface area contributed by atoms with Gasteiger partial charge in [0.15, 0.2) is 0 Å². The highest BCUT2D eigenvalue weighted by molar-refractivity contribution is 8.02. The van der Waals surface area contributed by atoms with Crippen LogP contribution in [-0.2, 0) is 10.0 Å². The van der Waals surface area contributed by atoms with Crippen molar-refractivity contribution in [3.63, 3.8) is 0 Å². The molecule has 1 aliphatic heterocycles. The number of halogens is 2. The van der Waals surface area contributed by atoms with Crippen LogP contribution >= 0.6 is 58.5 Å². The number of thiocarbonyl (C=S) groups is 1. The average Bonchev–Trinajstić information content (AvgIpc) is 2.78. The van der Waals surface area contributed by atoms with Gasteiger partial charge in [-0.15, -0.1) is 11.3 Å². The Morgan fingerprint density at radius 2 is 2.05 bits per heavy atom. The molecule has 0 atom stereocenters. The lowest BCUT2D eigenvalue weighted by atomic mass is 9.97. The lowest BCUT2D eigenvalue weighted by molar-refractivity contribution is 0.333. The zero-order chi connectivity index (χ0) is 15.8. The third-order valence-electron chi connectivity index (χ3n) is 3.61. The van der Waals surface area contributed by atoms with Gasteiger partial charge in [-0.25, -0.2) is 8.42 Å². The van der Waals surface area contributed by atoms with Crippen LogP contribution in [0, 0.1) is 0 Å². The normalized spacial score (nSPS) is 19.6. The van der Waals surface area contributed by atoms with Gasteiger partial charge in [-0.1, -0.05) is 35.4 Å². The average molecular weight is 405 g/mol. The van der Waals surface area contributed by atoms with Gasteiger partial charge in [-0.2, -0.15) is 16.1 Å². The molecule has 0 aromatic carbocycles. The summed E-state index contributed by atoms with van der Waals surface area (Å²) in [5, 5.41) is 0. The summed E-state index contributed by atoms with van der Waals surface area (Å²) in [6.45, 7) is 0.731. The molecule has 21 heavy (non-hydrogen) atoms. The van der Waals surface area contributed by atoms with E-state index in [9.17, 15) is 8.42 Å². The highest BCUT2D eigenvalue weighted by atomic mass is 35.5. The molecule has 0 spiro atoms. The van der Waals surface area contributed by atoms with E-state index >= 15 is 0 Å². The van der Waals surface area contributed by atoms with Crippen molar-refractivity contribution in [1.82, 2.24) is 4.31 Å². The molecule has 2 N–H and O–H groups in total. The summed E-state index contributed by atoms with van der Waals surface area (Å²) in [5.74, 6) is 0. The topological polar surface area (TPSA) is 63.4 Å². The molecule has 2 rings (SSSR count). The molecule has 1 saturated heterocycles. The van der Waals surface area contributed by atoms with Crippen molar-refractivity contribution in [3.8, 4) is 0 Å². The number of hydrogen-bond acceptors (Lipinski definition) is 5. The van der Waals surface area contributed by atoms with E-state index in [2.05, 4.69) is 0 Å². The zero-order valence-electron chi connectivity index (χ0n) is 11.1. The van der Waals surface area contributed by atoms with Gasteiger partial charge in [0.1, 0.15) is 9.23 Å². The maximum Gasteiger partial charge on any atom is 0.245 e. The number of nitrogens with zero attached hydrogens (tertiary/aromatic N) is 1. The molecule has 1 aliphatic rings. The standard InChI is InChI=1S/C11H14Cl2N2O2S4/c1-19-11(10(14)18)2-4-15(5-3-11)21(16,17)7-6-8(12)20-9(7)13/h6H,2-5H2,1H3,(H2,14,18). The summed E-state index contributed by atoms with van der Waals surface area (Å²) in [6, 6.07) is 1.40. The number of sulfonamides is 1. The molecule has 10 heteroatoms. The Bertz CT molecular complexity index is 651. The summed E-state index contributed by atoms with van der Waals surface area (Å²) in [5.41, 5.74) is 5.81. The van der Waals surface area contributed by atoms with Crippen molar-refractivity contribution in [3.05, 3.63) is 14.7 Å². The van der Waals surface area contributed by atoms with Crippen LogP contribution in [0.4, 0.5) is 0 Å². The first-order valence-corrected chi connectivity index (χ1v) is 10.7. The molecule has 1 aromatic heterocycles. The van der Waals surface area contributed by atoms with Crippen molar-refractivity contribution in [2.45, 2.75) is 22.5 Å². The number of piperidine rings is 1. The maximum absolute atomic E-state index is 12.6. The number of rotatable bonds is 4. The highest BCUT2D eigenvalue weighted by Gasteiger charge is 2.40. The molecule has 4 nitrogen and oxygen atoms in total. The van der Waals surface area contributed by atoms with Gasteiger partial charge in [0, 0.05) is 13.1 Å². The molecule has 0 radical (unpaired) electrons. The predicted octanol–water partition coefficient (Wildman–Crippen LogP) is 3.23. The number of hydrogen-bond donors (Lipinski definition) is 1. The molecular formula is C11H14Cl2N2O2S4. The molecule has 2 heterocycles. The fourth-order valence-electron chi connectivity index (χ4n) is 2.28. The van der Waals surface area contributed by atoms with Gasteiger partial charge < -0.3 is 5.73 Å². The maximum atomic E-state index is 12.6. The van der Waals surface area contributed by atoms with Crippen molar-refractivity contribution >= 4 is 73.5 Å². The van der Waals surface area contributed by atoms with Gasteiger partial charge in [0.05, 0.1) is 14.1 Å². The first kappa shape index (κ1) is 17.8. The van der Waals surface area contributed by atoms with E-state index < -0.39 is 10.0 Å².